The van der Waals surface area contributed by atoms with Gasteiger partial charge in [-0.1, -0.05) is 23.3 Å². The Hall–Kier alpha value is -3.21. The van der Waals surface area contributed by atoms with Crippen LogP contribution in [0, 0.1) is 6.92 Å². The summed E-state index contributed by atoms with van der Waals surface area (Å²) in [5, 5.41) is 31.0. The van der Waals surface area contributed by atoms with Crippen molar-refractivity contribution in [3.05, 3.63) is 62.8 Å². The van der Waals surface area contributed by atoms with Gasteiger partial charge in [-0.05, 0) is 59.1 Å². The summed E-state index contributed by atoms with van der Waals surface area (Å²) in [4.78, 5) is 13.0. The molecule has 0 radical (unpaired) electrons. The summed E-state index contributed by atoms with van der Waals surface area (Å²) in [5.74, 6) is -0.448. The largest absolute Gasteiger partial charge is 0.508 e. The van der Waals surface area contributed by atoms with E-state index in [1.165, 1.54) is 23.8 Å². The van der Waals surface area contributed by atoms with Crippen LogP contribution in [0.2, 0.25) is 0 Å². The van der Waals surface area contributed by atoms with Crippen LogP contribution in [0.15, 0.2) is 50.7 Å². The highest BCUT2D eigenvalue weighted by atomic mass is 16.3. The van der Waals surface area contributed by atoms with Crippen molar-refractivity contribution in [1.29, 1.82) is 0 Å². The maximum Gasteiger partial charge on any atom is 0.204 e. The number of phenols is 3. The van der Waals surface area contributed by atoms with Crippen molar-refractivity contribution in [3.8, 4) is 17.2 Å². The van der Waals surface area contributed by atoms with Gasteiger partial charge in [0.15, 0.2) is 0 Å². The fraction of sp³-hybridized carbons (Fsp3) is 0.292. The van der Waals surface area contributed by atoms with E-state index in [9.17, 15) is 20.1 Å². The minimum absolute atomic E-state index is 0.0148. The van der Waals surface area contributed by atoms with Crippen LogP contribution in [0.4, 0.5) is 0 Å². The molecule has 3 rings (SSSR count). The predicted octanol–water partition coefficient (Wildman–Crippen LogP) is 5.61. The van der Waals surface area contributed by atoms with Gasteiger partial charge in [-0.25, -0.2) is 0 Å². The molecule has 0 fully saturated rings. The second-order valence-electron chi connectivity index (χ2n) is 7.69. The molecule has 0 unspecified atom stereocenters. The minimum atomic E-state index is -0.396. The van der Waals surface area contributed by atoms with Crippen LogP contribution in [-0.2, 0) is 6.42 Å². The van der Waals surface area contributed by atoms with E-state index in [0.717, 1.165) is 18.4 Å². The Bertz CT molecular complexity index is 1210. The molecular weight excluding hydrogens is 368 g/mol. The first-order valence-electron chi connectivity index (χ1n) is 9.62. The van der Waals surface area contributed by atoms with Crippen molar-refractivity contribution in [2.24, 2.45) is 0 Å². The van der Waals surface area contributed by atoms with Crippen molar-refractivity contribution >= 4 is 21.9 Å². The van der Waals surface area contributed by atoms with Gasteiger partial charge in [0.25, 0.3) is 0 Å². The summed E-state index contributed by atoms with van der Waals surface area (Å²) in [6.45, 7) is 7.80. The molecule has 0 atom stereocenters. The standard InChI is InChI=1S/C24H26O5/c1-13(2)6-5-7-14(3)8-9-16-19(26)12-20(27)21-22(28)17-10-11-18(25)15(4)23(17)29-24(16)21/h6,8,10-12,25-27H,5,7,9H2,1-4H3. The first kappa shape index (κ1) is 20.5. The molecule has 0 aliphatic heterocycles. The fourth-order valence-electron chi connectivity index (χ4n) is 3.40. The van der Waals surface area contributed by atoms with E-state index in [1.54, 1.807) is 6.92 Å². The molecule has 152 valence electrons. The zero-order valence-corrected chi connectivity index (χ0v) is 17.2. The Balaban J connectivity index is 2.16. The van der Waals surface area contributed by atoms with Crippen molar-refractivity contribution in [1.82, 2.24) is 0 Å². The molecule has 0 spiro atoms. The molecule has 5 heteroatoms. The summed E-state index contributed by atoms with van der Waals surface area (Å²) in [6.07, 6.45) is 6.34. The second-order valence-corrected chi connectivity index (χ2v) is 7.69. The maximum absolute atomic E-state index is 13.0. The number of aryl methyl sites for hydroxylation is 1. The SMILES string of the molecule is CC(C)=CCCC(C)=CCc1c(O)cc(O)c2c(=O)c3ccc(O)c(C)c3oc12. The monoisotopic (exact) mass is 394 g/mol. The molecule has 29 heavy (non-hydrogen) atoms. The van der Waals surface area contributed by atoms with Gasteiger partial charge in [-0.15, -0.1) is 0 Å². The van der Waals surface area contributed by atoms with Gasteiger partial charge in [-0.2, -0.15) is 0 Å². The average Bonchev–Trinajstić information content (AvgIpc) is 2.64. The number of hydrogen-bond acceptors (Lipinski definition) is 5. The zero-order valence-electron chi connectivity index (χ0n) is 17.2. The van der Waals surface area contributed by atoms with Gasteiger partial charge < -0.3 is 19.7 Å². The van der Waals surface area contributed by atoms with E-state index in [4.69, 9.17) is 4.42 Å². The molecule has 0 aliphatic rings. The van der Waals surface area contributed by atoms with Gasteiger partial charge in [0.05, 0.1) is 5.39 Å². The van der Waals surface area contributed by atoms with Crippen LogP contribution in [-0.4, -0.2) is 15.3 Å². The third-order valence-electron chi connectivity index (χ3n) is 5.14. The Labute approximate surface area is 169 Å². The zero-order chi connectivity index (χ0) is 21.3. The molecule has 0 saturated carbocycles. The Morgan fingerprint density at radius 3 is 2.41 bits per heavy atom. The summed E-state index contributed by atoms with van der Waals surface area (Å²) >= 11 is 0. The summed E-state index contributed by atoms with van der Waals surface area (Å²) in [6, 6.07) is 4.08. The molecular formula is C24H26O5. The number of benzene rings is 2. The highest BCUT2D eigenvalue weighted by Gasteiger charge is 2.19. The van der Waals surface area contributed by atoms with Gasteiger partial charge in [0.2, 0.25) is 5.43 Å². The van der Waals surface area contributed by atoms with E-state index < -0.39 is 5.43 Å². The van der Waals surface area contributed by atoms with Gasteiger partial charge in [-0.3, -0.25) is 4.79 Å². The summed E-state index contributed by atoms with van der Waals surface area (Å²) < 4.78 is 5.96. The van der Waals surface area contributed by atoms with Crippen molar-refractivity contribution in [2.75, 3.05) is 0 Å². The average molecular weight is 394 g/mol. The van der Waals surface area contributed by atoms with Crippen LogP contribution in [0.5, 0.6) is 17.2 Å². The van der Waals surface area contributed by atoms with Crippen LogP contribution in [0.3, 0.4) is 0 Å². The van der Waals surface area contributed by atoms with Gasteiger partial charge >= 0.3 is 0 Å². The lowest BCUT2D eigenvalue weighted by atomic mass is 10.0. The topological polar surface area (TPSA) is 90.9 Å². The maximum atomic E-state index is 13.0. The normalized spacial score (nSPS) is 11.9. The Kier molecular flexibility index (Phi) is 5.69. The first-order chi connectivity index (χ1) is 13.7. The Morgan fingerprint density at radius 1 is 1.00 bits per heavy atom. The number of allylic oxidation sites excluding steroid dienone is 4. The molecule has 3 N–H and O–H groups in total. The van der Waals surface area contributed by atoms with E-state index in [2.05, 4.69) is 19.9 Å². The summed E-state index contributed by atoms with van der Waals surface area (Å²) in [7, 11) is 0. The molecule has 5 nitrogen and oxygen atoms in total. The number of rotatable bonds is 5. The highest BCUT2D eigenvalue weighted by molar-refractivity contribution is 5.97. The van der Waals surface area contributed by atoms with E-state index in [-0.39, 0.29) is 39.2 Å². The van der Waals surface area contributed by atoms with Crippen LogP contribution in [0.25, 0.3) is 21.9 Å². The van der Waals surface area contributed by atoms with E-state index in [1.807, 2.05) is 13.0 Å². The number of phenolic OH excluding ortho intramolecular Hbond substituents is 3. The second kappa shape index (κ2) is 8.03. The molecule has 1 aromatic heterocycles. The minimum Gasteiger partial charge on any atom is -0.508 e. The van der Waals surface area contributed by atoms with Crippen LogP contribution >= 0.6 is 0 Å². The number of hydrogen-bond donors (Lipinski definition) is 3. The quantitative estimate of drug-likeness (QED) is 0.387. The molecule has 0 amide bonds. The third-order valence-corrected chi connectivity index (χ3v) is 5.14. The van der Waals surface area contributed by atoms with Gasteiger partial charge in [0, 0.05) is 17.2 Å². The van der Waals surface area contributed by atoms with Crippen molar-refractivity contribution in [3.63, 3.8) is 0 Å². The van der Waals surface area contributed by atoms with Crippen LogP contribution in [0.1, 0.15) is 44.7 Å². The number of aromatic hydroxyl groups is 3. The lowest BCUT2D eigenvalue weighted by molar-refractivity contribution is 0.448. The predicted molar refractivity (Wildman–Crippen MR) is 116 cm³/mol. The molecule has 1 heterocycles. The molecule has 0 saturated heterocycles. The fourth-order valence-corrected chi connectivity index (χ4v) is 3.40. The van der Waals surface area contributed by atoms with Crippen LogP contribution < -0.4 is 5.43 Å². The Morgan fingerprint density at radius 2 is 1.72 bits per heavy atom. The van der Waals surface area contributed by atoms with E-state index in [0.29, 0.717) is 17.5 Å². The van der Waals surface area contributed by atoms with Crippen molar-refractivity contribution < 1.29 is 19.7 Å². The number of fused-ring (bicyclic) bond motifs is 2. The lowest BCUT2D eigenvalue weighted by Crippen LogP contribution is -2.05. The molecule has 2 aromatic carbocycles. The van der Waals surface area contributed by atoms with E-state index >= 15 is 0 Å². The highest BCUT2D eigenvalue weighted by Crippen LogP contribution is 2.37. The smallest absolute Gasteiger partial charge is 0.204 e. The summed E-state index contributed by atoms with van der Waals surface area (Å²) in [5.41, 5.74) is 3.28. The lowest BCUT2D eigenvalue weighted by Gasteiger charge is -2.11. The van der Waals surface area contributed by atoms with Gasteiger partial charge in [0.1, 0.15) is 33.8 Å². The first-order valence-corrected chi connectivity index (χ1v) is 9.62. The molecule has 0 bridgehead atoms. The third kappa shape index (κ3) is 3.99. The van der Waals surface area contributed by atoms with Crippen molar-refractivity contribution in [2.45, 2.75) is 47.0 Å². The molecule has 3 aromatic rings. The molecule has 0 aliphatic carbocycles.